The largest absolute Gasteiger partial charge is 0.488 e. The fraction of sp³-hybridized carbons (Fsp3) is 0.562. The number of hydrogen-bond acceptors (Lipinski definition) is 4. The van der Waals surface area contributed by atoms with E-state index >= 15 is 0 Å². The smallest absolute Gasteiger partial charge is 0.180 e. The van der Waals surface area contributed by atoms with E-state index in [1.54, 1.807) is 0 Å². The van der Waals surface area contributed by atoms with Crippen LogP contribution in [0.15, 0.2) is 12.1 Å². The third-order valence-corrected chi connectivity index (χ3v) is 5.75. The van der Waals surface area contributed by atoms with E-state index < -0.39 is 27.2 Å². The predicted octanol–water partition coefficient (Wildman–Crippen LogP) is 3.27. The lowest BCUT2D eigenvalue weighted by Gasteiger charge is -2.23. The van der Waals surface area contributed by atoms with Gasteiger partial charge in [-0.05, 0) is 43.6 Å². The standard InChI is InChI=1S/C16H18ClFO4S/c1-23(20,21)8-14(19)11-6-12(17)16(7-13(11)18)22-15-5-9-2-3-10(15)4-9/h6-7,9-10,15H,2-5,8H2,1H3. The number of ketones is 1. The summed E-state index contributed by atoms with van der Waals surface area (Å²) in [5.74, 6) is -0.959. The Bertz CT molecular complexity index is 747. The fourth-order valence-corrected chi connectivity index (χ4v) is 4.48. The fourth-order valence-electron chi connectivity index (χ4n) is 3.64. The van der Waals surface area contributed by atoms with Crippen LogP contribution in [0.2, 0.25) is 5.02 Å². The molecule has 3 rings (SSSR count). The van der Waals surface area contributed by atoms with Gasteiger partial charge < -0.3 is 4.74 Å². The maximum atomic E-state index is 14.2. The maximum absolute atomic E-state index is 14.2. The molecule has 3 unspecified atom stereocenters. The minimum absolute atomic E-state index is 0.0446. The molecule has 0 spiro atoms. The van der Waals surface area contributed by atoms with Crippen molar-refractivity contribution in [2.45, 2.75) is 31.8 Å². The summed E-state index contributed by atoms with van der Waals surface area (Å²) in [6.45, 7) is 0. The van der Waals surface area contributed by atoms with Crippen LogP contribution in [0.5, 0.6) is 5.75 Å². The van der Waals surface area contributed by atoms with Gasteiger partial charge in [-0.2, -0.15) is 0 Å². The zero-order chi connectivity index (χ0) is 16.8. The van der Waals surface area contributed by atoms with Crippen molar-refractivity contribution in [1.29, 1.82) is 0 Å². The Morgan fingerprint density at radius 2 is 2.09 bits per heavy atom. The molecule has 0 amide bonds. The Balaban J connectivity index is 1.79. The van der Waals surface area contributed by atoms with Crippen molar-refractivity contribution in [2.75, 3.05) is 12.0 Å². The van der Waals surface area contributed by atoms with Crippen LogP contribution in [0.4, 0.5) is 4.39 Å². The van der Waals surface area contributed by atoms with E-state index in [9.17, 15) is 17.6 Å². The second kappa shape index (κ2) is 6.06. The van der Waals surface area contributed by atoms with Crippen molar-refractivity contribution in [3.63, 3.8) is 0 Å². The number of hydrogen-bond donors (Lipinski definition) is 0. The molecule has 2 bridgehead atoms. The molecule has 0 N–H and O–H groups in total. The van der Waals surface area contributed by atoms with E-state index in [0.29, 0.717) is 11.8 Å². The number of benzene rings is 1. The highest BCUT2D eigenvalue weighted by molar-refractivity contribution is 7.91. The summed E-state index contributed by atoms with van der Waals surface area (Å²) in [6, 6.07) is 2.25. The summed E-state index contributed by atoms with van der Waals surface area (Å²) in [5, 5.41) is 0.131. The Morgan fingerprint density at radius 3 is 2.65 bits per heavy atom. The molecule has 0 saturated heterocycles. The van der Waals surface area contributed by atoms with Gasteiger partial charge in [-0.25, -0.2) is 12.8 Å². The number of carbonyl (C=O) groups is 1. The third-order valence-electron chi connectivity index (χ3n) is 4.67. The molecule has 2 fully saturated rings. The van der Waals surface area contributed by atoms with E-state index in [4.69, 9.17) is 16.3 Å². The Morgan fingerprint density at radius 1 is 1.35 bits per heavy atom. The summed E-state index contributed by atoms with van der Waals surface area (Å²) in [7, 11) is -3.53. The predicted molar refractivity (Wildman–Crippen MR) is 85.3 cm³/mol. The van der Waals surface area contributed by atoms with E-state index in [1.165, 1.54) is 6.42 Å². The van der Waals surface area contributed by atoms with Crippen molar-refractivity contribution in [1.82, 2.24) is 0 Å². The number of Topliss-reactive ketones (excluding diaryl/α,β-unsaturated/α-hetero) is 1. The first-order valence-electron chi connectivity index (χ1n) is 7.59. The van der Waals surface area contributed by atoms with Gasteiger partial charge >= 0.3 is 0 Å². The molecule has 0 heterocycles. The molecule has 23 heavy (non-hydrogen) atoms. The Hall–Kier alpha value is -1.14. The van der Waals surface area contributed by atoms with Gasteiger partial charge in [0.1, 0.15) is 23.4 Å². The zero-order valence-corrected chi connectivity index (χ0v) is 14.3. The molecule has 1 aromatic rings. The van der Waals surface area contributed by atoms with E-state index in [0.717, 1.165) is 37.7 Å². The molecule has 2 aliphatic rings. The molecule has 2 aliphatic carbocycles. The second-order valence-electron chi connectivity index (χ2n) is 6.59. The van der Waals surface area contributed by atoms with Crippen LogP contribution in [-0.2, 0) is 9.84 Å². The summed E-state index contributed by atoms with van der Waals surface area (Å²) in [5.41, 5.74) is -0.319. The van der Waals surface area contributed by atoms with Gasteiger partial charge in [0.05, 0.1) is 10.6 Å². The van der Waals surface area contributed by atoms with Gasteiger partial charge in [-0.3, -0.25) is 4.79 Å². The molecule has 7 heteroatoms. The number of sulfone groups is 1. The first-order chi connectivity index (χ1) is 10.7. The van der Waals surface area contributed by atoms with Crippen LogP contribution >= 0.6 is 11.6 Å². The number of carbonyl (C=O) groups excluding carboxylic acids is 1. The van der Waals surface area contributed by atoms with Crippen molar-refractivity contribution in [3.05, 3.63) is 28.5 Å². The summed E-state index contributed by atoms with van der Waals surface area (Å²) >= 11 is 6.10. The lowest BCUT2D eigenvalue weighted by atomic mass is 9.98. The minimum atomic E-state index is -3.53. The normalized spacial score (nSPS) is 26.5. The quantitative estimate of drug-likeness (QED) is 0.756. The lowest BCUT2D eigenvalue weighted by Crippen LogP contribution is -2.24. The van der Waals surface area contributed by atoms with Crippen LogP contribution in [0.1, 0.15) is 36.0 Å². The Labute approximate surface area is 139 Å². The summed E-state index contributed by atoms with van der Waals surface area (Å²) < 4.78 is 42.4. The van der Waals surface area contributed by atoms with E-state index in [2.05, 4.69) is 0 Å². The van der Waals surface area contributed by atoms with Crippen LogP contribution in [-0.4, -0.2) is 32.3 Å². The molecule has 2 saturated carbocycles. The number of fused-ring (bicyclic) bond motifs is 2. The van der Waals surface area contributed by atoms with Crippen LogP contribution < -0.4 is 4.74 Å². The van der Waals surface area contributed by atoms with Crippen molar-refractivity contribution < 1.29 is 22.3 Å². The van der Waals surface area contributed by atoms with Gasteiger partial charge in [-0.15, -0.1) is 0 Å². The second-order valence-corrected chi connectivity index (χ2v) is 9.13. The lowest BCUT2D eigenvalue weighted by molar-refractivity contribution is 0.101. The van der Waals surface area contributed by atoms with E-state index in [-0.39, 0.29) is 22.4 Å². The summed E-state index contributed by atoms with van der Waals surface area (Å²) in [4.78, 5) is 11.9. The van der Waals surface area contributed by atoms with Crippen LogP contribution in [0, 0.1) is 17.7 Å². The minimum Gasteiger partial charge on any atom is -0.488 e. The highest BCUT2D eigenvalue weighted by Gasteiger charge is 2.41. The van der Waals surface area contributed by atoms with Gasteiger partial charge in [0.25, 0.3) is 0 Å². The van der Waals surface area contributed by atoms with Gasteiger partial charge in [0.15, 0.2) is 15.6 Å². The van der Waals surface area contributed by atoms with Gasteiger partial charge in [0, 0.05) is 12.3 Å². The molecule has 0 aliphatic heterocycles. The van der Waals surface area contributed by atoms with Crippen LogP contribution in [0.3, 0.4) is 0 Å². The zero-order valence-electron chi connectivity index (χ0n) is 12.7. The highest BCUT2D eigenvalue weighted by Crippen LogP contribution is 2.46. The number of ether oxygens (including phenoxy) is 1. The third kappa shape index (κ3) is 3.69. The molecular formula is C16H18ClFO4S. The van der Waals surface area contributed by atoms with Gasteiger partial charge in [-0.1, -0.05) is 11.6 Å². The van der Waals surface area contributed by atoms with Crippen molar-refractivity contribution >= 4 is 27.2 Å². The topological polar surface area (TPSA) is 60.4 Å². The van der Waals surface area contributed by atoms with Gasteiger partial charge in [0.2, 0.25) is 0 Å². The molecule has 4 nitrogen and oxygen atoms in total. The highest BCUT2D eigenvalue weighted by atomic mass is 35.5. The molecule has 126 valence electrons. The Kier molecular flexibility index (Phi) is 4.40. The van der Waals surface area contributed by atoms with E-state index in [1.807, 2.05) is 0 Å². The molecule has 3 atom stereocenters. The monoisotopic (exact) mass is 360 g/mol. The van der Waals surface area contributed by atoms with Crippen molar-refractivity contribution in [3.8, 4) is 5.75 Å². The van der Waals surface area contributed by atoms with Crippen LogP contribution in [0.25, 0.3) is 0 Å². The number of halogens is 2. The average Bonchev–Trinajstić information content (AvgIpc) is 3.02. The first-order valence-corrected chi connectivity index (χ1v) is 10.0. The summed E-state index contributed by atoms with van der Waals surface area (Å²) in [6.07, 6.45) is 5.43. The average molecular weight is 361 g/mol. The maximum Gasteiger partial charge on any atom is 0.180 e. The number of rotatable bonds is 5. The molecular weight excluding hydrogens is 343 g/mol. The first kappa shape index (κ1) is 16.7. The molecule has 1 aromatic carbocycles. The molecule has 0 aromatic heterocycles. The SMILES string of the molecule is CS(=O)(=O)CC(=O)c1cc(Cl)c(OC2CC3CCC2C3)cc1F. The van der Waals surface area contributed by atoms with Crippen molar-refractivity contribution in [2.24, 2.45) is 11.8 Å². The molecule has 0 radical (unpaired) electrons.